The summed E-state index contributed by atoms with van der Waals surface area (Å²) < 4.78 is 0. The molecule has 0 bridgehead atoms. The first-order chi connectivity index (χ1) is 22.5. The van der Waals surface area contributed by atoms with Crippen molar-refractivity contribution in [1.82, 2.24) is 20.0 Å². The Morgan fingerprint density at radius 2 is 0.979 bits per heavy atom. The summed E-state index contributed by atoms with van der Waals surface area (Å²) in [5.74, 6) is -3.33. The first kappa shape index (κ1) is 46.3. The highest BCUT2D eigenvalue weighted by Crippen LogP contribution is 2.14. The van der Waals surface area contributed by atoms with Gasteiger partial charge in [-0.25, -0.2) is 0 Å². The van der Waals surface area contributed by atoms with Crippen LogP contribution in [0.5, 0.6) is 0 Å². The molecule has 0 fully saturated rings. The van der Waals surface area contributed by atoms with Gasteiger partial charge in [0.05, 0.1) is 26.2 Å². The van der Waals surface area contributed by atoms with Crippen molar-refractivity contribution in [2.24, 2.45) is 0 Å². The molecule has 0 aliphatic heterocycles. The van der Waals surface area contributed by atoms with E-state index in [9.17, 15) is 24.3 Å². The van der Waals surface area contributed by atoms with Crippen LogP contribution in [0.25, 0.3) is 0 Å². The summed E-state index contributed by atoms with van der Waals surface area (Å²) in [6.45, 7) is 4.87. The van der Waals surface area contributed by atoms with Crippen molar-refractivity contribution in [2.45, 2.75) is 129 Å². The number of rotatable bonds is 32. The lowest BCUT2D eigenvalue weighted by atomic mass is 10.0. The second-order valence-electron chi connectivity index (χ2n) is 12.4. The third-order valence-corrected chi connectivity index (χ3v) is 8.04. The number of hydrogen-bond donors (Lipinski definition) is 4. The van der Waals surface area contributed by atoms with Gasteiger partial charge in [0.25, 0.3) is 0 Å². The first-order valence-electron chi connectivity index (χ1n) is 17.6. The number of nitrogens with one attached hydrogen (secondary N) is 1. The molecule has 1 unspecified atom stereocenters. The molecule has 274 valence electrons. The van der Waals surface area contributed by atoms with Crippen molar-refractivity contribution in [2.75, 3.05) is 59.4 Å². The molecule has 0 saturated heterocycles. The molecule has 0 aromatic rings. The van der Waals surface area contributed by atoms with E-state index in [-0.39, 0.29) is 44.3 Å². The minimum atomic E-state index is -1.14. The van der Waals surface area contributed by atoms with Gasteiger partial charge in [0.1, 0.15) is 0 Å². The Hall–Kier alpha value is -2.86. The predicted octanol–water partition coefficient (Wildman–Crippen LogP) is 4.35. The van der Waals surface area contributed by atoms with Crippen molar-refractivity contribution < 1.29 is 44.1 Å². The van der Waals surface area contributed by atoms with Crippen LogP contribution in [0.4, 0.5) is 0 Å². The Kier molecular flexibility index (Phi) is 32.5. The van der Waals surface area contributed by atoms with E-state index >= 15 is 0 Å². The van der Waals surface area contributed by atoms with Crippen molar-refractivity contribution in [3.63, 3.8) is 0 Å². The van der Waals surface area contributed by atoms with Crippen LogP contribution in [0.2, 0.25) is 0 Å². The van der Waals surface area contributed by atoms with Gasteiger partial charge in [-0.05, 0) is 19.9 Å². The van der Waals surface area contributed by atoms with E-state index in [0.29, 0.717) is 13.1 Å². The fraction of sp³-hybridized carbons (Fsp3) is 0.853. The average Bonchev–Trinajstić information content (AvgIpc) is 2.99. The Balaban J connectivity index is 0. The fourth-order valence-electron chi connectivity index (χ4n) is 5.47. The largest absolute Gasteiger partial charge is 0.480 e. The van der Waals surface area contributed by atoms with Gasteiger partial charge in [-0.3, -0.25) is 33.9 Å². The number of amides is 1. The van der Waals surface area contributed by atoms with Crippen LogP contribution in [-0.4, -0.2) is 125 Å². The van der Waals surface area contributed by atoms with Gasteiger partial charge in [-0.15, -0.1) is 0 Å². The summed E-state index contributed by atoms with van der Waals surface area (Å²) >= 11 is 0. The Morgan fingerprint density at radius 1 is 0.596 bits per heavy atom. The number of carboxylic acids is 3. The maximum Gasteiger partial charge on any atom is 0.373 e. The molecule has 0 spiro atoms. The van der Waals surface area contributed by atoms with Crippen molar-refractivity contribution in [3.05, 3.63) is 0 Å². The second kappa shape index (κ2) is 33.1. The molecule has 4 N–H and O–H groups in total. The number of hydrogen-bond acceptors (Lipinski definition) is 9. The second-order valence-corrected chi connectivity index (χ2v) is 12.4. The zero-order chi connectivity index (χ0) is 35.7. The topological polar surface area (TPSA) is 185 Å². The average molecular weight is 673 g/mol. The molecule has 0 aromatic heterocycles. The lowest BCUT2D eigenvalue weighted by Gasteiger charge is -2.33. The molecule has 0 heterocycles. The molecule has 47 heavy (non-hydrogen) atoms. The highest BCUT2D eigenvalue weighted by molar-refractivity contribution is 5.78. The van der Waals surface area contributed by atoms with Crippen LogP contribution in [0.3, 0.4) is 0 Å². The van der Waals surface area contributed by atoms with E-state index < -0.39 is 31.0 Å². The number of likely N-dealkylation sites (N-methyl/N-ethyl adjacent to an activating group) is 1. The van der Waals surface area contributed by atoms with Crippen LogP contribution in [0, 0.1) is 0 Å². The van der Waals surface area contributed by atoms with Crippen molar-refractivity contribution >= 4 is 30.0 Å². The minimum absolute atomic E-state index is 0.0461. The number of nitrogens with zero attached hydrogens (tertiary/aromatic N) is 3. The standard InChI is InChI=1S/C33H64N4O7.CO2/c1-4-6-8-10-12-14-16-18-20-29(35(3)25-30(38)34-21-19-17-15-13-11-9-7-5-2)24-36(26-31(39)40)22-23-37(27-32(41)42)28-33(43)44;2-1-3/h29H,4-28H2,1-3H3,(H,34,38)(H,39,40)(H,41,42)(H,43,44);. The lowest BCUT2D eigenvalue weighted by Crippen LogP contribution is -2.49. The molecular formula is C34H64N4O9. The highest BCUT2D eigenvalue weighted by Gasteiger charge is 2.23. The Bertz CT molecular complexity index is 837. The highest BCUT2D eigenvalue weighted by atomic mass is 16.4. The van der Waals surface area contributed by atoms with Gasteiger partial charge in [0.2, 0.25) is 5.91 Å². The summed E-state index contributed by atoms with van der Waals surface area (Å²) in [6, 6.07) is -0.0734. The fourth-order valence-corrected chi connectivity index (χ4v) is 5.47. The number of unbranched alkanes of at least 4 members (excludes halogenated alkanes) is 14. The number of aliphatic carboxylic acids is 3. The SMILES string of the molecule is CCCCCCCCCCNC(=O)CN(C)C(CCCCCCCCCC)CN(CCN(CC(=O)O)CC(=O)O)CC(=O)O.O=C=O. The minimum Gasteiger partial charge on any atom is -0.480 e. The van der Waals surface area contributed by atoms with Gasteiger partial charge >= 0.3 is 24.1 Å². The molecule has 0 aliphatic rings. The Morgan fingerprint density at radius 3 is 1.43 bits per heavy atom. The molecule has 1 amide bonds. The van der Waals surface area contributed by atoms with E-state index in [1.165, 1.54) is 75.5 Å². The monoisotopic (exact) mass is 672 g/mol. The molecule has 1 atom stereocenters. The van der Waals surface area contributed by atoms with Gasteiger partial charge < -0.3 is 20.6 Å². The summed E-state index contributed by atoms with van der Waals surface area (Å²) in [5.41, 5.74) is 0. The van der Waals surface area contributed by atoms with Crippen LogP contribution in [-0.2, 0) is 28.8 Å². The molecular weight excluding hydrogens is 608 g/mol. The summed E-state index contributed by atoms with van der Waals surface area (Å²) in [4.78, 5) is 68.1. The van der Waals surface area contributed by atoms with Crippen LogP contribution >= 0.6 is 0 Å². The molecule has 0 radical (unpaired) electrons. The first-order valence-corrected chi connectivity index (χ1v) is 17.6. The van der Waals surface area contributed by atoms with Gasteiger partial charge in [-0.2, -0.15) is 9.59 Å². The molecule has 0 aliphatic carbocycles. The number of carbonyl (C=O) groups excluding carboxylic acids is 3. The predicted molar refractivity (Wildman–Crippen MR) is 180 cm³/mol. The number of carbonyl (C=O) groups is 4. The van der Waals surface area contributed by atoms with Gasteiger partial charge in [0, 0.05) is 32.2 Å². The molecule has 13 heteroatoms. The van der Waals surface area contributed by atoms with E-state index in [2.05, 4.69) is 19.2 Å². The smallest absolute Gasteiger partial charge is 0.373 e. The summed E-state index contributed by atoms with van der Waals surface area (Å²) in [5, 5.41) is 30.9. The van der Waals surface area contributed by atoms with Crippen molar-refractivity contribution in [3.8, 4) is 0 Å². The van der Waals surface area contributed by atoms with Crippen LogP contribution in [0.15, 0.2) is 0 Å². The quantitative estimate of drug-likeness (QED) is 0.0742. The summed E-state index contributed by atoms with van der Waals surface area (Å²) in [6.07, 6.45) is 20.1. The van der Waals surface area contributed by atoms with Gasteiger partial charge in [0.15, 0.2) is 0 Å². The summed E-state index contributed by atoms with van der Waals surface area (Å²) in [7, 11) is 1.89. The van der Waals surface area contributed by atoms with E-state index in [1.54, 1.807) is 4.90 Å². The van der Waals surface area contributed by atoms with Crippen molar-refractivity contribution in [1.29, 1.82) is 0 Å². The molecule has 0 saturated carbocycles. The molecule has 13 nitrogen and oxygen atoms in total. The van der Waals surface area contributed by atoms with Crippen LogP contribution in [0.1, 0.15) is 123 Å². The lowest BCUT2D eigenvalue weighted by molar-refractivity contribution is -0.191. The molecule has 0 aromatic carbocycles. The molecule has 0 rings (SSSR count). The maximum absolute atomic E-state index is 12.8. The third kappa shape index (κ3) is 32.9. The van der Waals surface area contributed by atoms with E-state index in [0.717, 1.165) is 38.5 Å². The van der Waals surface area contributed by atoms with Gasteiger partial charge in [-0.1, -0.05) is 110 Å². The maximum atomic E-state index is 12.8. The zero-order valence-electron chi connectivity index (χ0n) is 29.4. The van der Waals surface area contributed by atoms with Crippen LogP contribution < -0.4 is 5.32 Å². The third-order valence-electron chi connectivity index (χ3n) is 8.04. The number of carboxylic acid groups (broad SMARTS) is 3. The zero-order valence-corrected chi connectivity index (χ0v) is 29.4. The normalized spacial score (nSPS) is 11.6. The van der Waals surface area contributed by atoms with E-state index in [4.69, 9.17) is 19.8 Å². The Labute approximate surface area is 282 Å². The van der Waals surface area contributed by atoms with E-state index in [1.807, 2.05) is 11.9 Å².